The zero-order valence-electron chi connectivity index (χ0n) is 18.6. The second kappa shape index (κ2) is 10.4. The van der Waals surface area contributed by atoms with Crippen molar-refractivity contribution in [3.63, 3.8) is 0 Å². The van der Waals surface area contributed by atoms with Gasteiger partial charge in [0.15, 0.2) is 5.60 Å². The van der Waals surface area contributed by atoms with Gasteiger partial charge in [0, 0.05) is 32.7 Å². The van der Waals surface area contributed by atoms with Crippen LogP contribution < -0.4 is 0 Å². The molecule has 1 aliphatic rings. The highest BCUT2D eigenvalue weighted by Gasteiger charge is 2.35. The molecule has 6 heteroatoms. The first kappa shape index (κ1) is 23.4. The Morgan fingerprint density at radius 2 is 1.71 bits per heavy atom. The summed E-state index contributed by atoms with van der Waals surface area (Å²) in [5.41, 5.74) is 0.789. The SMILES string of the molecule is C=C(C)C(O)(C(=C)C)c1ccc(CN(CCN2CCOCC2)Cc2ccc(F)cc2)o1. The van der Waals surface area contributed by atoms with Gasteiger partial charge in [-0.2, -0.15) is 0 Å². The molecular weight excluding hydrogens is 395 g/mol. The van der Waals surface area contributed by atoms with Gasteiger partial charge in [-0.1, -0.05) is 25.3 Å². The van der Waals surface area contributed by atoms with Crippen molar-refractivity contribution in [3.05, 3.63) is 83.6 Å². The molecule has 0 saturated carbocycles. The molecule has 0 amide bonds. The summed E-state index contributed by atoms with van der Waals surface area (Å²) in [7, 11) is 0. The lowest BCUT2D eigenvalue weighted by molar-refractivity contribution is 0.0319. The van der Waals surface area contributed by atoms with Gasteiger partial charge in [0.25, 0.3) is 0 Å². The second-order valence-electron chi connectivity index (χ2n) is 8.33. The van der Waals surface area contributed by atoms with E-state index in [4.69, 9.17) is 9.15 Å². The van der Waals surface area contributed by atoms with Crippen LogP contribution in [0.15, 0.2) is 65.1 Å². The molecular formula is C25H33FN2O3. The Kier molecular flexibility index (Phi) is 7.84. The lowest BCUT2D eigenvalue weighted by Crippen LogP contribution is -2.41. The number of furan rings is 1. The number of benzene rings is 1. The molecule has 0 spiro atoms. The molecule has 2 heterocycles. The fourth-order valence-corrected chi connectivity index (χ4v) is 3.83. The third-order valence-corrected chi connectivity index (χ3v) is 5.79. The van der Waals surface area contributed by atoms with Crippen LogP contribution in [0, 0.1) is 5.82 Å². The zero-order chi connectivity index (χ0) is 22.4. The van der Waals surface area contributed by atoms with Gasteiger partial charge < -0.3 is 14.3 Å². The van der Waals surface area contributed by atoms with Crippen molar-refractivity contribution < 1.29 is 18.7 Å². The Morgan fingerprint density at radius 3 is 2.32 bits per heavy atom. The fraction of sp³-hybridized carbons (Fsp3) is 0.440. The van der Waals surface area contributed by atoms with Crippen LogP contribution in [0.1, 0.15) is 30.9 Å². The van der Waals surface area contributed by atoms with Crippen LogP contribution in [0.2, 0.25) is 0 Å². The van der Waals surface area contributed by atoms with Gasteiger partial charge in [0.1, 0.15) is 17.3 Å². The first-order chi connectivity index (χ1) is 14.8. The number of hydrogen-bond acceptors (Lipinski definition) is 5. The third kappa shape index (κ3) is 5.92. The molecule has 3 rings (SSSR count). The van der Waals surface area contributed by atoms with E-state index in [-0.39, 0.29) is 5.82 Å². The van der Waals surface area contributed by atoms with E-state index < -0.39 is 5.60 Å². The number of hydrogen-bond donors (Lipinski definition) is 1. The van der Waals surface area contributed by atoms with Gasteiger partial charge in [-0.05, 0) is 54.8 Å². The van der Waals surface area contributed by atoms with Crippen molar-refractivity contribution in [3.8, 4) is 0 Å². The van der Waals surface area contributed by atoms with E-state index in [1.807, 2.05) is 18.2 Å². The van der Waals surface area contributed by atoms with E-state index in [2.05, 4.69) is 23.0 Å². The largest absolute Gasteiger partial charge is 0.461 e. The van der Waals surface area contributed by atoms with E-state index in [1.54, 1.807) is 19.9 Å². The van der Waals surface area contributed by atoms with Gasteiger partial charge in [0.2, 0.25) is 0 Å². The minimum Gasteiger partial charge on any atom is -0.461 e. The average Bonchev–Trinajstić information content (AvgIpc) is 3.22. The minimum absolute atomic E-state index is 0.238. The Bertz CT molecular complexity index is 870. The van der Waals surface area contributed by atoms with Crippen LogP contribution in [-0.4, -0.2) is 54.3 Å². The first-order valence-corrected chi connectivity index (χ1v) is 10.7. The van der Waals surface area contributed by atoms with Gasteiger partial charge >= 0.3 is 0 Å². The van der Waals surface area contributed by atoms with Crippen molar-refractivity contribution in [2.45, 2.75) is 32.5 Å². The molecule has 1 fully saturated rings. The number of nitrogens with zero attached hydrogens (tertiary/aromatic N) is 2. The van der Waals surface area contributed by atoms with Crippen LogP contribution in [0.3, 0.4) is 0 Å². The van der Waals surface area contributed by atoms with Crippen LogP contribution in [0.5, 0.6) is 0 Å². The third-order valence-electron chi connectivity index (χ3n) is 5.79. The Morgan fingerprint density at radius 1 is 1.06 bits per heavy atom. The lowest BCUT2D eigenvalue weighted by atomic mass is 9.87. The van der Waals surface area contributed by atoms with E-state index in [0.29, 0.717) is 30.0 Å². The molecule has 0 atom stereocenters. The molecule has 1 aliphatic heterocycles. The van der Waals surface area contributed by atoms with E-state index in [0.717, 1.165) is 50.7 Å². The van der Waals surface area contributed by atoms with Crippen molar-refractivity contribution in [1.29, 1.82) is 0 Å². The molecule has 1 aromatic carbocycles. The van der Waals surface area contributed by atoms with E-state index in [9.17, 15) is 9.50 Å². The number of aliphatic hydroxyl groups is 1. The Labute approximate surface area is 184 Å². The molecule has 2 aromatic rings. The molecule has 0 unspecified atom stereocenters. The van der Waals surface area contributed by atoms with Crippen molar-refractivity contribution in [1.82, 2.24) is 9.80 Å². The van der Waals surface area contributed by atoms with Gasteiger partial charge in [-0.15, -0.1) is 0 Å². The quantitative estimate of drug-likeness (QED) is 0.578. The molecule has 1 saturated heterocycles. The maximum Gasteiger partial charge on any atom is 0.163 e. The zero-order valence-corrected chi connectivity index (χ0v) is 18.6. The average molecular weight is 429 g/mol. The summed E-state index contributed by atoms with van der Waals surface area (Å²) in [5, 5.41) is 11.1. The lowest BCUT2D eigenvalue weighted by Gasteiger charge is -2.30. The molecule has 0 radical (unpaired) electrons. The normalized spacial score (nSPS) is 15.4. The Balaban J connectivity index is 1.74. The minimum atomic E-state index is -1.38. The van der Waals surface area contributed by atoms with Crippen LogP contribution in [0.25, 0.3) is 0 Å². The predicted octanol–water partition coefficient (Wildman–Crippen LogP) is 4.09. The molecule has 168 valence electrons. The number of rotatable bonds is 10. The Hall–Kier alpha value is -2.25. The number of morpholine rings is 1. The molecule has 5 nitrogen and oxygen atoms in total. The number of ether oxygens (including phenoxy) is 1. The van der Waals surface area contributed by atoms with Crippen molar-refractivity contribution in [2.24, 2.45) is 0 Å². The highest BCUT2D eigenvalue weighted by molar-refractivity contribution is 5.35. The highest BCUT2D eigenvalue weighted by atomic mass is 19.1. The molecule has 0 aliphatic carbocycles. The topological polar surface area (TPSA) is 49.1 Å². The van der Waals surface area contributed by atoms with Gasteiger partial charge in [-0.3, -0.25) is 9.80 Å². The van der Waals surface area contributed by atoms with Crippen molar-refractivity contribution >= 4 is 0 Å². The fourth-order valence-electron chi connectivity index (χ4n) is 3.83. The van der Waals surface area contributed by atoms with Crippen LogP contribution >= 0.6 is 0 Å². The maximum atomic E-state index is 13.3. The summed E-state index contributed by atoms with van der Waals surface area (Å²) in [6.45, 7) is 17.7. The summed E-state index contributed by atoms with van der Waals surface area (Å²) in [6, 6.07) is 10.3. The summed E-state index contributed by atoms with van der Waals surface area (Å²) in [5.74, 6) is 0.940. The molecule has 0 bridgehead atoms. The predicted molar refractivity (Wildman–Crippen MR) is 120 cm³/mol. The summed E-state index contributed by atoms with van der Waals surface area (Å²) >= 11 is 0. The van der Waals surface area contributed by atoms with Crippen LogP contribution in [-0.2, 0) is 23.4 Å². The molecule has 1 aromatic heterocycles. The van der Waals surface area contributed by atoms with E-state index >= 15 is 0 Å². The molecule has 31 heavy (non-hydrogen) atoms. The highest BCUT2D eigenvalue weighted by Crippen LogP contribution is 2.36. The molecule has 1 N–H and O–H groups in total. The number of halogens is 1. The van der Waals surface area contributed by atoms with Crippen molar-refractivity contribution in [2.75, 3.05) is 39.4 Å². The smallest absolute Gasteiger partial charge is 0.163 e. The monoisotopic (exact) mass is 428 g/mol. The standard InChI is InChI=1S/C25H33FN2O3/c1-19(2)25(29,20(3)4)24-10-9-23(31-24)18-28(12-11-27-13-15-30-16-14-27)17-21-5-7-22(26)8-6-21/h5-10,29H,1,3,11-18H2,2,4H3. The van der Waals surface area contributed by atoms with Gasteiger partial charge in [0.05, 0.1) is 19.8 Å². The van der Waals surface area contributed by atoms with Crippen LogP contribution in [0.4, 0.5) is 4.39 Å². The summed E-state index contributed by atoms with van der Waals surface area (Å²) in [4.78, 5) is 4.65. The maximum absolute atomic E-state index is 13.3. The second-order valence-corrected chi connectivity index (χ2v) is 8.33. The summed E-state index contributed by atoms with van der Waals surface area (Å²) in [6.07, 6.45) is 0. The summed E-state index contributed by atoms with van der Waals surface area (Å²) < 4.78 is 24.8. The first-order valence-electron chi connectivity index (χ1n) is 10.7. The van der Waals surface area contributed by atoms with Gasteiger partial charge in [-0.25, -0.2) is 4.39 Å². The van der Waals surface area contributed by atoms with E-state index in [1.165, 1.54) is 12.1 Å².